The number of aliphatic hydroxyl groups is 1. The molecule has 0 aliphatic carbocycles. The van der Waals surface area contributed by atoms with Gasteiger partial charge in [-0.2, -0.15) is 0 Å². The van der Waals surface area contributed by atoms with Crippen LogP contribution in [0.1, 0.15) is 30.2 Å². The van der Waals surface area contributed by atoms with Gasteiger partial charge in [0.15, 0.2) is 11.6 Å². The number of hydrogen-bond acceptors (Lipinski definition) is 7. The number of fused-ring (bicyclic) bond motifs is 1. The molecule has 0 radical (unpaired) electrons. The van der Waals surface area contributed by atoms with E-state index in [1.807, 2.05) is 12.1 Å². The highest BCUT2D eigenvalue weighted by Crippen LogP contribution is 2.37. The van der Waals surface area contributed by atoms with Crippen LogP contribution in [-0.2, 0) is 9.47 Å². The Morgan fingerprint density at radius 2 is 1.82 bits per heavy atom. The summed E-state index contributed by atoms with van der Waals surface area (Å²) in [5, 5.41) is 9.93. The van der Waals surface area contributed by atoms with Gasteiger partial charge in [0.1, 0.15) is 29.9 Å². The van der Waals surface area contributed by atoms with Gasteiger partial charge in [-0.05, 0) is 37.3 Å². The summed E-state index contributed by atoms with van der Waals surface area (Å²) >= 11 is 0. The minimum Gasteiger partial charge on any atom is -0.482 e. The molecule has 3 N–H and O–H groups in total. The zero-order valence-electron chi connectivity index (χ0n) is 17.8. The minimum atomic E-state index is -0.780. The highest BCUT2D eigenvalue weighted by Gasteiger charge is 2.48. The number of aromatic nitrogens is 2. The Bertz CT molecular complexity index is 1160. The third kappa shape index (κ3) is 4.15. The van der Waals surface area contributed by atoms with Crippen LogP contribution in [0, 0.1) is 11.6 Å². The number of ether oxygens (including phenoxy) is 3. The summed E-state index contributed by atoms with van der Waals surface area (Å²) in [6.07, 6.45) is 1.39. The Labute approximate surface area is 189 Å². The van der Waals surface area contributed by atoms with Crippen LogP contribution in [0.5, 0.6) is 5.75 Å². The van der Waals surface area contributed by atoms with Crippen molar-refractivity contribution in [1.82, 2.24) is 9.97 Å². The molecule has 2 aliphatic heterocycles. The maximum Gasteiger partial charge on any atom is 0.166 e. The number of rotatable bonds is 5. The SMILES string of the molecule is C[C@@H](Oc1cc(-c2ccc([C@H]3CO[C@H]4C3OC[C@H]4O)nc2)cnc1N)c1cc(F)ccc1F. The van der Waals surface area contributed by atoms with Crippen LogP contribution in [0.15, 0.2) is 48.8 Å². The normalized spacial score (nSPS) is 25.1. The second kappa shape index (κ2) is 8.66. The van der Waals surface area contributed by atoms with Crippen molar-refractivity contribution < 1.29 is 28.1 Å². The zero-order valence-corrected chi connectivity index (χ0v) is 17.8. The maximum atomic E-state index is 14.1. The standard InChI is InChI=1S/C24H23F2N3O4/c1-12(16-7-15(25)3-4-18(16)26)33-21-6-14(9-29-24(21)27)13-2-5-19(28-8-13)17-10-31-23-20(30)11-32-22(17)23/h2-9,12,17,20,22-23,30H,10-11H2,1H3,(H2,27,29)/t12-,17-,20-,22?,23-/m1/s1. The number of nitrogens with two attached hydrogens (primary N) is 1. The topological polar surface area (TPSA) is 99.7 Å². The van der Waals surface area contributed by atoms with Gasteiger partial charge in [0.05, 0.1) is 25.2 Å². The van der Waals surface area contributed by atoms with Crippen LogP contribution in [-0.4, -0.2) is 46.6 Å². The summed E-state index contributed by atoms with van der Waals surface area (Å²) in [6, 6.07) is 8.69. The second-order valence-corrected chi connectivity index (χ2v) is 8.27. The van der Waals surface area contributed by atoms with E-state index >= 15 is 0 Å². The number of nitrogen functional groups attached to an aromatic ring is 1. The molecule has 9 heteroatoms. The molecule has 5 atom stereocenters. The molecule has 2 fully saturated rings. The zero-order chi connectivity index (χ0) is 23.1. The van der Waals surface area contributed by atoms with Crippen LogP contribution in [0.4, 0.5) is 14.6 Å². The first kappa shape index (κ1) is 21.7. The second-order valence-electron chi connectivity index (χ2n) is 8.27. The molecule has 7 nitrogen and oxygen atoms in total. The lowest BCUT2D eigenvalue weighted by molar-refractivity contribution is 0.0181. The Balaban J connectivity index is 1.35. The monoisotopic (exact) mass is 455 g/mol. The van der Waals surface area contributed by atoms with Gasteiger partial charge in [0.25, 0.3) is 0 Å². The third-order valence-electron chi connectivity index (χ3n) is 6.11. The van der Waals surface area contributed by atoms with Crippen LogP contribution in [0.3, 0.4) is 0 Å². The lowest BCUT2D eigenvalue weighted by Crippen LogP contribution is -2.28. The maximum absolute atomic E-state index is 14.1. The minimum absolute atomic E-state index is 0.0494. The molecule has 0 amide bonds. The number of nitrogens with zero attached hydrogens (tertiary/aromatic N) is 2. The van der Waals surface area contributed by atoms with E-state index in [0.29, 0.717) is 12.2 Å². The average molecular weight is 455 g/mol. The molecular weight excluding hydrogens is 432 g/mol. The van der Waals surface area contributed by atoms with Crippen LogP contribution < -0.4 is 10.5 Å². The van der Waals surface area contributed by atoms with Crippen molar-refractivity contribution in [3.63, 3.8) is 0 Å². The molecule has 2 aliphatic rings. The van der Waals surface area contributed by atoms with E-state index in [-0.39, 0.29) is 41.9 Å². The molecule has 5 rings (SSSR count). The Morgan fingerprint density at radius 1 is 1.03 bits per heavy atom. The van der Waals surface area contributed by atoms with Crippen molar-refractivity contribution >= 4 is 5.82 Å². The smallest absolute Gasteiger partial charge is 0.166 e. The summed E-state index contributed by atoms with van der Waals surface area (Å²) in [7, 11) is 0. The van der Waals surface area contributed by atoms with Crippen molar-refractivity contribution in [3.8, 4) is 16.9 Å². The highest BCUT2D eigenvalue weighted by atomic mass is 19.1. The van der Waals surface area contributed by atoms with E-state index < -0.39 is 23.8 Å². The summed E-state index contributed by atoms with van der Waals surface area (Å²) in [4.78, 5) is 8.75. The predicted octanol–water partition coefficient (Wildman–Crippen LogP) is 3.39. The predicted molar refractivity (Wildman–Crippen MR) is 116 cm³/mol. The van der Waals surface area contributed by atoms with E-state index in [1.54, 1.807) is 25.4 Å². The van der Waals surface area contributed by atoms with Crippen molar-refractivity contribution in [3.05, 3.63) is 71.7 Å². The van der Waals surface area contributed by atoms with E-state index in [4.69, 9.17) is 19.9 Å². The van der Waals surface area contributed by atoms with Crippen molar-refractivity contribution in [1.29, 1.82) is 0 Å². The molecular formula is C24H23F2N3O4. The fourth-order valence-corrected chi connectivity index (χ4v) is 4.32. The molecule has 172 valence electrons. The van der Waals surface area contributed by atoms with E-state index in [1.165, 1.54) is 0 Å². The quantitative estimate of drug-likeness (QED) is 0.608. The van der Waals surface area contributed by atoms with Gasteiger partial charge in [-0.3, -0.25) is 4.98 Å². The first-order chi connectivity index (χ1) is 15.9. The fourth-order valence-electron chi connectivity index (χ4n) is 4.32. The molecule has 0 bridgehead atoms. The lowest BCUT2D eigenvalue weighted by Gasteiger charge is -2.18. The molecule has 0 spiro atoms. The van der Waals surface area contributed by atoms with Gasteiger partial charge in [-0.25, -0.2) is 13.8 Å². The van der Waals surface area contributed by atoms with Crippen LogP contribution >= 0.6 is 0 Å². The molecule has 2 saturated heterocycles. The van der Waals surface area contributed by atoms with Gasteiger partial charge in [-0.15, -0.1) is 0 Å². The van der Waals surface area contributed by atoms with Crippen LogP contribution in [0.25, 0.3) is 11.1 Å². The number of aliphatic hydroxyl groups excluding tert-OH is 1. The number of benzene rings is 1. The van der Waals surface area contributed by atoms with Crippen molar-refractivity contribution in [2.45, 2.75) is 37.3 Å². The molecule has 3 aromatic rings. The molecule has 0 saturated carbocycles. The molecule has 2 aromatic heterocycles. The Kier molecular flexibility index (Phi) is 5.69. The van der Waals surface area contributed by atoms with Gasteiger partial charge in [0, 0.05) is 34.8 Å². The summed E-state index contributed by atoms with van der Waals surface area (Å²) in [6.45, 7) is 2.32. The number of hydrogen-bond donors (Lipinski definition) is 2. The molecule has 33 heavy (non-hydrogen) atoms. The van der Waals surface area contributed by atoms with E-state index in [9.17, 15) is 13.9 Å². The van der Waals surface area contributed by atoms with Crippen LogP contribution in [0.2, 0.25) is 0 Å². The highest BCUT2D eigenvalue weighted by molar-refractivity contribution is 5.66. The molecule has 4 heterocycles. The van der Waals surface area contributed by atoms with Gasteiger partial charge < -0.3 is 25.1 Å². The lowest BCUT2D eigenvalue weighted by atomic mass is 9.96. The van der Waals surface area contributed by atoms with E-state index in [2.05, 4.69) is 9.97 Å². The average Bonchev–Trinajstić information content (AvgIpc) is 3.40. The molecule has 1 unspecified atom stereocenters. The third-order valence-corrected chi connectivity index (χ3v) is 6.11. The van der Waals surface area contributed by atoms with Gasteiger partial charge in [0.2, 0.25) is 0 Å². The van der Waals surface area contributed by atoms with Crippen molar-refractivity contribution in [2.75, 3.05) is 18.9 Å². The van der Waals surface area contributed by atoms with Crippen molar-refractivity contribution in [2.24, 2.45) is 0 Å². The first-order valence-electron chi connectivity index (χ1n) is 10.7. The Hall–Kier alpha value is -3.14. The van der Waals surface area contributed by atoms with Gasteiger partial charge >= 0.3 is 0 Å². The number of pyridine rings is 2. The summed E-state index contributed by atoms with van der Waals surface area (Å²) in [5.41, 5.74) is 8.35. The fraction of sp³-hybridized carbons (Fsp3) is 0.333. The largest absolute Gasteiger partial charge is 0.482 e. The number of anilines is 1. The summed E-state index contributed by atoms with van der Waals surface area (Å²) < 4.78 is 44.8. The number of halogens is 2. The van der Waals surface area contributed by atoms with E-state index in [0.717, 1.165) is 29.5 Å². The summed E-state index contributed by atoms with van der Waals surface area (Å²) in [5.74, 6) is -0.773. The van der Waals surface area contributed by atoms with Gasteiger partial charge in [-0.1, -0.05) is 6.07 Å². The Morgan fingerprint density at radius 3 is 2.61 bits per heavy atom. The molecule has 1 aromatic carbocycles. The first-order valence-corrected chi connectivity index (χ1v) is 10.7.